The Bertz CT molecular complexity index is 231. The summed E-state index contributed by atoms with van der Waals surface area (Å²) in [6.45, 7) is 3.72. The van der Waals surface area contributed by atoms with Crippen LogP contribution in [-0.2, 0) is 0 Å². The van der Waals surface area contributed by atoms with Crippen molar-refractivity contribution in [3.63, 3.8) is 0 Å². The molecule has 0 aromatic carbocycles. The van der Waals surface area contributed by atoms with Gasteiger partial charge in [-0.2, -0.15) is 0 Å². The molecule has 0 saturated carbocycles. The average Bonchev–Trinajstić information content (AvgIpc) is 2.15. The Hall–Kier alpha value is -0.310. The predicted molar refractivity (Wildman–Crippen MR) is 58.8 cm³/mol. The molecule has 0 fully saturated rings. The third kappa shape index (κ3) is 3.06. The number of rotatable bonds is 2. The zero-order chi connectivity index (χ0) is 8.10. The van der Waals surface area contributed by atoms with Gasteiger partial charge in [0.2, 0.25) is 0 Å². The van der Waals surface area contributed by atoms with E-state index in [4.69, 9.17) is 0 Å². The highest BCUT2D eigenvalue weighted by molar-refractivity contribution is 14.1. The second kappa shape index (κ2) is 4.54. The van der Waals surface area contributed by atoms with Crippen LogP contribution >= 0.6 is 22.6 Å². The normalized spacial score (nSPS) is 16.8. The van der Waals surface area contributed by atoms with Crippen molar-refractivity contribution in [3.8, 4) is 0 Å². The van der Waals surface area contributed by atoms with Crippen molar-refractivity contribution < 1.29 is 0 Å². The van der Waals surface area contributed by atoms with E-state index in [2.05, 4.69) is 53.5 Å². The van der Waals surface area contributed by atoms with Gasteiger partial charge in [-0.05, 0) is 39.0 Å². The number of hydrogen-bond acceptors (Lipinski definition) is 0. The van der Waals surface area contributed by atoms with E-state index in [0.29, 0.717) is 0 Å². The molecule has 11 heavy (non-hydrogen) atoms. The smallest absolute Gasteiger partial charge is 0.000262 e. The molecule has 0 aromatic heterocycles. The van der Waals surface area contributed by atoms with E-state index in [9.17, 15) is 0 Å². The van der Waals surface area contributed by atoms with Crippen LogP contribution in [0.15, 0.2) is 46.1 Å². The zero-order valence-corrected chi connectivity index (χ0v) is 8.54. The second-order valence-electron chi connectivity index (χ2n) is 2.49. The molecule has 1 aliphatic rings. The fraction of sp³-hybridized carbons (Fsp3) is 0.200. The van der Waals surface area contributed by atoms with Gasteiger partial charge in [0.25, 0.3) is 0 Å². The van der Waals surface area contributed by atoms with Crippen molar-refractivity contribution in [2.75, 3.05) is 0 Å². The molecule has 0 aromatic rings. The standard InChI is InChI=1S/C10H11I/c1-2-5-9-6-3-4-7-10(11)8-9/h2-4,6-7H,1,5,8H2. The van der Waals surface area contributed by atoms with E-state index in [1.807, 2.05) is 6.08 Å². The van der Waals surface area contributed by atoms with Crippen molar-refractivity contribution in [2.24, 2.45) is 0 Å². The average molecular weight is 258 g/mol. The van der Waals surface area contributed by atoms with Crippen molar-refractivity contribution in [1.82, 2.24) is 0 Å². The van der Waals surface area contributed by atoms with Crippen LogP contribution < -0.4 is 0 Å². The summed E-state index contributed by atoms with van der Waals surface area (Å²) in [7, 11) is 0. The lowest BCUT2D eigenvalue weighted by Crippen LogP contribution is -1.79. The summed E-state index contributed by atoms with van der Waals surface area (Å²) in [5.41, 5.74) is 1.44. The van der Waals surface area contributed by atoms with Crippen LogP contribution in [0.1, 0.15) is 12.8 Å². The lowest BCUT2D eigenvalue weighted by atomic mass is 10.1. The second-order valence-corrected chi connectivity index (χ2v) is 3.88. The highest BCUT2D eigenvalue weighted by atomic mass is 127. The van der Waals surface area contributed by atoms with Gasteiger partial charge in [-0.1, -0.05) is 36.0 Å². The Morgan fingerprint density at radius 3 is 2.91 bits per heavy atom. The molecule has 58 valence electrons. The summed E-state index contributed by atoms with van der Waals surface area (Å²) < 4.78 is 1.39. The summed E-state index contributed by atoms with van der Waals surface area (Å²) in [6, 6.07) is 0. The van der Waals surface area contributed by atoms with Crippen LogP contribution in [-0.4, -0.2) is 0 Å². The summed E-state index contributed by atoms with van der Waals surface area (Å²) >= 11 is 2.37. The van der Waals surface area contributed by atoms with E-state index < -0.39 is 0 Å². The van der Waals surface area contributed by atoms with Crippen LogP contribution in [0.5, 0.6) is 0 Å². The predicted octanol–water partition coefficient (Wildman–Crippen LogP) is 3.77. The van der Waals surface area contributed by atoms with Gasteiger partial charge in [0, 0.05) is 0 Å². The minimum Gasteiger partial charge on any atom is -0.103 e. The van der Waals surface area contributed by atoms with E-state index in [0.717, 1.165) is 12.8 Å². The molecule has 0 spiro atoms. The van der Waals surface area contributed by atoms with E-state index in [-0.39, 0.29) is 0 Å². The highest BCUT2D eigenvalue weighted by Gasteiger charge is 1.98. The Kier molecular flexibility index (Phi) is 3.63. The molecule has 0 aliphatic heterocycles. The van der Waals surface area contributed by atoms with Gasteiger partial charge < -0.3 is 0 Å². The van der Waals surface area contributed by atoms with Crippen LogP contribution in [0.2, 0.25) is 0 Å². The van der Waals surface area contributed by atoms with Gasteiger partial charge in [0.05, 0.1) is 0 Å². The molecule has 1 aliphatic carbocycles. The molecular weight excluding hydrogens is 247 g/mol. The molecule has 0 heterocycles. The number of allylic oxidation sites excluding steroid dienone is 7. The quantitative estimate of drug-likeness (QED) is 0.522. The molecule has 0 unspecified atom stereocenters. The van der Waals surface area contributed by atoms with Crippen LogP contribution in [0.25, 0.3) is 0 Å². The van der Waals surface area contributed by atoms with Gasteiger partial charge >= 0.3 is 0 Å². The maximum atomic E-state index is 3.72. The molecule has 0 bridgehead atoms. The van der Waals surface area contributed by atoms with E-state index in [1.165, 1.54) is 9.15 Å². The third-order valence-electron chi connectivity index (χ3n) is 1.52. The first-order valence-electron chi connectivity index (χ1n) is 3.64. The fourth-order valence-corrected chi connectivity index (χ4v) is 1.71. The molecule has 0 nitrogen and oxygen atoms in total. The molecule has 0 atom stereocenters. The molecule has 0 radical (unpaired) electrons. The van der Waals surface area contributed by atoms with Crippen molar-refractivity contribution in [1.29, 1.82) is 0 Å². The van der Waals surface area contributed by atoms with E-state index in [1.54, 1.807) is 0 Å². The lowest BCUT2D eigenvalue weighted by molar-refractivity contribution is 1.11. The van der Waals surface area contributed by atoms with Gasteiger partial charge in [-0.15, -0.1) is 6.58 Å². The highest BCUT2D eigenvalue weighted by Crippen LogP contribution is 2.22. The Labute approximate surface area is 81.5 Å². The molecule has 0 amide bonds. The van der Waals surface area contributed by atoms with Crippen LogP contribution in [0, 0.1) is 0 Å². The van der Waals surface area contributed by atoms with Crippen molar-refractivity contribution in [2.45, 2.75) is 12.8 Å². The number of hydrogen-bond donors (Lipinski definition) is 0. The van der Waals surface area contributed by atoms with E-state index >= 15 is 0 Å². The third-order valence-corrected chi connectivity index (χ3v) is 2.26. The van der Waals surface area contributed by atoms with Gasteiger partial charge in [-0.3, -0.25) is 0 Å². The maximum absolute atomic E-state index is 3.72. The largest absolute Gasteiger partial charge is 0.103 e. The molecule has 0 saturated heterocycles. The van der Waals surface area contributed by atoms with Gasteiger partial charge in [0.1, 0.15) is 0 Å². The Morgan fingerprint density at radius 2 is 2.18 bits per heavy atom. The molecule has 1 rings (SSSR count). The summed E-state index contributed by atoms with van der Waals surface area (Å²) in [5, 5.41) is 0. The Balaban J connectivity index is 2.68. The Morgan fingerprint density at radius 1 is 1.45 bits per heavy atom. The SMILES string of the molecule is C=CCC1=CC=CC=C(I)C1. The maximum Gasteiger partial charge on any atom is -0.000262 e. The molecule has 0 N–H and O–H groups in total. The summed E-state index contributed by atoms with van der Waals surface area (Å²) in [5.74, 6) is 0. The topological polar surface area (TPSA) is 0 Å². The summed E-state index contributed by atoms with van der Waals surface area (Å²) in [4.78, 5) is 0. The zero-order valence-electron chi connectivity index (χ0n) is 6.39. The molecule has 1 heteroatoms. The van der Waals surface area contributed by atoms with Gasteiger partial charge in [0.15, 0.2) is 0 Å². The van der Waals surface area contributed by atoms with Crippen LogP contribution in [0.4, 0.5) is 0 Å². The first kappa shape index (κ1) is 8.78. The lowest BCUT2D eigenvalue weighted by Gasteiger charge is -2.00. The first-order chi connectivity index (χ1) is 5.33. The first-order valence-corrected chi connectivity index (χ1v) is 4.72. The molecular formula is C10H11I. The van der Waals surface area contributed by atoms with Gasteiger partial charge in [-0.25, -0.2) is 0 Å². The van der Waals surface area contributed by atoms with Crippen molar-refractivity contribution in [3.05, 3.63) is 46.1 Å². The van der Waals surface area contributed by atoms with Crippen LogP contribution in [0.3, 0.4) is 0 Å². The van der Waals surface area contributed by atoms with Crippen molar-refractivity contribution >= 4 is 22.6 Å². The minimum atomic E-state index is 1.00. The number of halogens is 1. The fourth-order valence-electron chi connectivity index (χ4n) is 1.01. The monoisotopic (exact) mass is 258 g/mol. The summed E-state index contributed by atoms with van der Waals surface area (Å²) in [6.07, 6.45) is 12.5. The minimum absolute atomic E-state index is 1.00.